The highest BCUT2D eigenvalue weighted by molar-refractivity contribution is 9.10. The molecule has 0 heterocycles. The van der Waals surface area contributed by atoms with Crippen LogP contribution >= 0.6 is 15.9 Å². The summed E-state index contributed by atoms with van der Waals surface area (Å²) in [6, 6.07) is 14.5. The number of hydrogen-bond acceptors (Lipinski definition) is 3. The zero-order valence-electron chi connectivity index (χ0n) is 10.9. The number of halogens is 1. The van der Waals surface area contributed by atoms with Gasteiger partial charge in [0.05, 0.1) is 5.71 Å². The first-order chi connectivity index (χ1) is 9.56. The van der Waals surface area contributed by atoms with Gasteiger partial charge in [-0.15, -0.1) is 0 Å². The molecule has 0 aliphatic rings. The van der Waals surface area contributed by atoms with Gasteiger partial charge >= 0.3 is 0 Å². The highest BCUT2D eigenvalue weighted by atomic mass is 79.9. The van der Waals surface area contributed by atoms with Gasteiger partial charge in [0.2, 0.25) is 0 Å². The van der Waals surface area contributed by atoms with Crippen LogP contribution in [0.15, 0.2) is 58.1 Å². The lowest BCUT2D eigenvalue weighted by Crippen LogP contribution is -2.19. The van der Waals surface area contributed by atoms with Crippen molar-refractivity contribution in [3.05, 3.63) is 64.1 Å². The van der Waals surface area contributed by atoms with Crippen molar-refractivity contribution in [2.24, 2.45) is 5.10 Å². The molecule has 0 aromatic heterocycles. The predicted molar refractivity (Wildman–Crippen MR) is 84.7 cm³/mol. The SMILES string of the molecule is C/C(=N\NC(=O)c1cccc(Br)c1)c1cccc(N)c1. The number of nitrogen functional groups attached to an aromatic ring is 1. The molecule has 2 rings (SSSR count). The van der Waals surface area contributed by atoms with E-state index in [0.717, 1.165) is 10.0 Å². The van der Waals surface area contributed by atoms with E-state index in [2.05, 4.69) is 26.5 Å². The van der Waals surface area contributed by atoms with E-state index in [1.165, 1.54) is 0 Å². The number of hydrazone groups is 1. The van der Waals surface area contributed by atoms with Crippen LogP contribution in [0, 0.1) is 0 Å². The number of rotatable bonds is 3. The lowest BCUT2D eigenvalue weighted by Gasteiger charge is -2.04. The van der Waals surface area contributed by atoms with Gasteiger partial charge in [-0.05, 0) is 42.8 Å². The van der Waals surface area contributed by atoms with Gasteiger partial charge in [0.1, 0.15) is 0 Å². The number of nitrogens with one attached hydrogen (secondary N) is 1. The van der Waals surface area contributed by atoms with Gasteiger partial charge in [-0.25, -0.2) is 5.43 Å². The summed E-state index contributed by atoms with van der Waals surface area (Å²) in [7, 11) is 0. The Bertz CT molecular complexity index is 668. The van der Waals surface area contributed by atoms with E-state index in [1.807, 2.05) is 31.2 Å². The number of nitrogens with zero attached hydrogens (tertiary/aromatic N) is 1. The molecule has 0 saturated carbocycles. The van der Waals surface area contributed by atoms with E-state index in [0.29, 0.717) is 17.0 Å². The summed E-state index contributed by atoms with van der Waals surface area (Å²) in [5, 5.41) is 4.09. The number of carbonyl (C=O) groups excluding carboxylic acids is 1. The zero-order valence-corrected chi connectivity index (χ0v) is 12.5. The highest BCUT2D eigenvalue weighted by Crippen LogP contribution is 2.11. The number of nitrogens with two attached hydrogens (primary N) is 1. The molecule has 3 N–H and O–H groups in total. The number of amides is 1. The summed E-state index contributed by atoms with van der Waals surface area (Å²) in [4.78, 5) is 11.9. The zero-order chi connectivity index (χ0) is 14.5. The molecule has 0 bridgehead atoms. The molecule has 2 aromatic rings. The van der Waals surface area contributed by atoms with Gasteiger partial charge in [-0.2, -0.15) is 5.10 Å². The van der Waals surface area contributed by atoms with Crippen molar-refractivity contribution in [2.45, 2.75) is 6.92 Å². The van der Waals surface area contributed by atoms with Gasteiger partial charge < -0.3 is 5.73 Å². The van der Waals surface area contributed by atoms with Crippen LogP contribution in [0.3, 0.4) is 0 Å². The van der Waals surface area contributed by atoms with Crippen LogP contribution < -0.4 is 11.2 Å². The molecule has 20 heavy (non-hydrogen) atoms. The molecule has 2 aromatic carbocycles. The molecule has 4 nitrogen and oxygen atoms in total. The molecular formula is C15H14BrN3O. The fraction of sp³-hybridized carbons (Fsp3) is 0.0667. The monoisotopic (exact) mass is 331 g/mol. The molecule has 0 aliphatic heterocycles. The summed E-state index contributed by atoms with van der Waals surface area (Å²) in [6.07, 6.45) is 0. The molecule has 0 fully saturated rings. The maximum absolute atomic E-state index is 11.9. The molecule has 0 atom stereocenters. The standard InChI is InChI=1S/C15H14BrN3O/c1-10(11-4-3-7-14(17)9-11)18-19-15(20)12-5-2-6-13(16)8-12/h2-9H,17H2,1H3,(H,19,20)/b18-10+. The second-order valence-corrected chi connectivity index (χ2v) is 5.19. The molecule has 0 aliphatic carbocycles. The van der Waals surface area contributed by atoms with Crippen LogP contribution in [0.25, 0.3) is 0 Å². The largest absolute Gasteiger partial charge is 0.399 e. The van der Waals surface area contributed by atoms with Crippen molar-refractivity contribution < 1.29 is 4.79 Å². The third-order valence-electron chi connectivity index (χ3n) is 2.72. The second kappa shape index (κ2) is 6.34. The third kappa shape index (κ3) is 3.68. The Balaban J connectivity index is 2.11. The molecule has 102 valence electrons. The average molecular weight is 332 g/mol. The number of anilines is 1. The minimum Gasteiger partial charge on any atom is -0.399 e. The number of carbonyl (C=O) groups is 1. The minimum absolute atomic E-state index is 0.255. The number of hydrogen-bond donors (Lipinski definition) is 2. The Labute approximate surface area is 125 Å². The highest BCUT2D eigenvalue weighted by Gasteiger charge is 2.05. The van der Waals surface area contributed by atoms with Crippen LogP contribution in [0.4, 0.5) is 5.69 Å². The van der Waals surface area contributed by atoms with Crippen molar-refractivity contribution in [1.82, 2.24) is 5.43 Å². The van der Waals surface area contributed by atoms with Crippen molar-refractivity contribution in [3.8, 4) is 0 Å². The van der Waals surface area contributed by atoms with Crippen molar-refractivity contribution in [3.63, 3.8) is 0 Å². The lowest BCUT2D eigenvalue weighted by atomic mass is 10.1. The third-order valence-corrected chi connectivity index (χ3v) is 3.21. The van der Waals surface area contributed by atoms with Gasteiger partial charge in [-0.3, -0.25) is 4.79 Å². The predicted octanol–water partition coefficient (Wildman–Crippen LogP) is 3.19. The van der Waals surface area contributed by atoms with Crippen molar-refractivity contribution >= 4 is 33.2 Å². The fourth-order valence-corrected chi connectivity index (χ4v) is 2.06. The summed E-state index contributed by atoms with van der Waals surface area (Å²) >= 11 is 3.33. The van der Waals surface area contributed by atoms with Crippen molar-refractivity contribution in [2.75, 3.05) is 5.73 Å². The average Bonchev–Trinajstić information content (AvgIpc) is 2.44. The minimum atomic E-state index is -0.255. The van der Waals surface area contributed by atoms with E-state index in [4.69, 9.17) is 5.73 Å². The van der Waals surface area contributed by atoms with E-state index in [9.17, 15) is 4.79 Å². The number of benzene rings is 2. The van der Waals surface area contributed by atoms with E-state index in [-0.39, 0.29) is 5.91 Å². The second-order valence-electron chi connectivity index (χ2n) is 4.27. The Morgan fingerprint density at radius 3 is 2.55 bits per heavy atom. The van der Waals surface area contributed by atoms with Crippen LogP contribution in [-0.4, -0.2) is 11.6 Å². The molecule has 0 unspecified atom stereocenters. The van der Waals surface area contributed by atoms with Gasteiger partial charge in [0.15, 0.2) is 0 Å². The van der Waals surface area contributed by atoms with Gasteiger partial charge in [-0.1, -0.05) is 34.1 Å². The molecule has 0 saturated heterocycles. The molecule has 0 spiro atoms. The fourth-order valence-electron chi connectivity index (χ4n) is 1.66. The van der Waals surface area contributed by atoms with Crippen LogP contribution in [-0.2, 0) is 0 Å². The molecule has 0 radical (unpaired) electrons. The molecular weight excluding hydrogens is 318 g/mol. The van der Waals surface area contributed by atoms with E-state index >= 15 is 0 Å². The summed E-state index contributed by atoms with van der Waals surface area (Å²) in [5.74, 6) is -0.255. The lowest BCUT2D eigenvalue weighted by molar-refractivity contribution is 0.0955. The normalized spacial score (nSPS) is 11.2. The Morgan fingerprint density at radius 2 is 1.85 bits per heavy atom. The molecule has 1 amide bonds. The Morgan fingerprint density at radius 1 is 1.15 bits per heavy atom. The van der Waals surface area contributed by atoms with Crippen LogP contribution in [0.2, 0.25) is 0 Å². The summed E-state index contributed by atoms with van der Waals surface area (Å²) < 4.78 is 0.849. The van der Waals surface area contributed by atoms with Gasteiger partial charge in [0.25, 0.3) is 5.91 Å². The first-order valence-corrected chi connectivity index (χ1v) is 6.81. The Kier molecular flexibility index (Phi) is 4.53. The maximum Gasteiger partial charge on any atom is 0.271 e. The topological polar surface area (TPSA) is 67.5 Å². The van der Waals surface area contributed by atoms with Crippen molar-refractivity contribution in [1.29, 1.82) is 0 Å². The van der Waals surface area contributed by atoms with Gasteiger partial charge in [0, 0.05) is 15.7 Å². The smallest absolute Gasteiger partial charge is 0.271 e. The molecule has 5 heteroatoms. The van der Waals surface area contributed by atoms with E-state index in [1.54, 1.807) is 24.3 Å². The summed E-state index contributed by atoms with van der Waals surface area (Å²) in [5.41, 5.74) is 11.0. The van der Waals surface area contributed by atoms with E-state index < -0.39 is 0 Å². The first-order valence-electron chi connectivity index (χ1n) is 6.02. The maximum atomic E-state index is 11.9. The van der Waals surface area contributed by atoms with Crippen LogP contribution in [0.5, 0.6) is 0 Å². The Hall–Kier alpha value is -2.14. The summed E-state index contributed by atoms with van der Waals surface area (Å²) in [6.45, 7) is 1.82. The first kappa shape index (κ1) is 14.3. The van der Waals surface area contributed by atoms with Crippen LogP contribution in [0.1, 0.15) is 22.8 Å². The quantitative estimate of drug-likeness (QED) is 0.515.